The summed E-state index contributed by atoms with van der Waals surface area (Å²) in [5.41, 5.74) is 7.80. The van der Waals surface area contributed by atoms with Gasteiger partial charge in [0.2, 0.25) is 0 Å². The van der Waals surface area contributed by atoms with Crippen LogP contribution in [-0.2, 0) is 13.1 Å². The van der Waals surface area contributed by atoms with Gasteiger partial charge in [0, 0.05) is 18.5 Å². The smallest absolute Gasteiger partial charge is 0.150 e. The lowest BCUT2D eigenvalue weighted by atomic mass is 10.3. The number of aromatic nitrogens is 2. The highest BCUT2D eigenvalue weighted by Crippen LogP contribution is 2.29. The van der Waals surface area contributed by atoms with Gasteiger partial charge in [-0.25, -0.2) is 4.68 Å². The van der Waals surface area contributed by atoms with Gasteiger partial charge in [0.05, 0.1) is 22.3 Å². The number of hydrogen-bond donors (Lipinski definition) is 1. The molecule has 0 spiro atoms. The largest absolute Gasteiger partial charge is 0.394 e. The first-order valence-electron chi connectivity index (χ1n) is 6.31. The van der Waals surface area contributed by atoms with Crippen molar-refractivity contribution in [1.82, 2.24) is 9.78 Å². The Hall–Kier alpha value is -1.20. The number of anilines is 2. The summed E-state index contributed by atoms with van der Waals surface area (Å²) in [6.45, 7) is 5.75. The maximum absolute atomic E-state index is 6.15. The Labute approximate surface area is 122 Å². The van der Waals surface area contributed by atoms with E-state index in [1.54, 1.807) is 11.3 Å². The molecule has 0 aromatic carbocycles. The molecule has 2 aromatic heterocycles. The molecule has 2 N–H and O–H groups in total. The van der Waals surface area contributed by atoms with Crippen molar-refractivity contribution in [3.05, 3.63) is 27.0 Å². The highest BCUT2D eigenvalue weighted by molar-refractivity contribution is 7.16. The van der Waals surface area contributed by atoms with E-state index < -0.39 is 0 Å². The number of aryl methyl sites for hydroxylation is 2. The van der Waals surface area contributed by atoms with Crippen LogP contribution in [0.25, 0.3) is 0 Å². The van der Waals surface area contributed by atoms with Crippen LogP contribution in [0.3, 0.4) is 0 Å². The fourth-order valence-electron chi connectivity index (χ4n) is 2.10. The minimum Gasteiger partial charge on any atom is -0.394 e. The summed E-state index contributed by atoms with van der Waals surface area (Å²) in [6, 6.07) is 3.97. The van der Waals surface area contributed by atoms with Crippen molar-refractivity contribution >= 4 is 34.4 Å². The molecule has 0 aliphatic carbocycles. The highest BCUT2D eigenvalue weighted by Gasteiger charge is 2.16. The Kier molecular flexibility index (Phi) is 4.37. The number of nitrogens with zero attached hydrogens (tertiary/aromatic N) is 3. The van der Waals surface area contributed by atoms with Gasteiger partial charge in [0.15, 0.2) is 5.82 Å². The third-order valence-electron chi connectivity index (χ3n) is 2.96. The molecule has 104 valence electrons. The molecule has 0 aliphatic rings. The average Bonchev–Trinajstić information content (AvgIpc) is 2.85. The van der Waals surface area contributed by atoms with E-state index >= 15 is 0 Å². The minimum atomic E-state index is 0.763. The summed E-state index contributed by atoms with van der Waals surface area (Å²) < 4.78 is 2.80. The average molecular weight is 299 g/mol. The van der Waals surface area contributed by atoms with Crippen molar-refractivity contribution in [3.8, 4) is 0 Å². The summed E-state index contributed by atoms with van der Waals surface area (Å²) >= 11 is 7.56. The number of nitrogen functional groups attached to an aromatic ring is 1. The summed E-state index contributed by atoms with van der Waals surface area (Å²) in [5.74, 6) is 0.990. The molecule has 19 heavy (non-hydrogen) atoms. The van der Waals surface area contributed by atoms with Crippen LogP contribution < -0.4 is 10.6 Å². The van der Waals surface area contributed by atoms with E-state index in [0.29, 0.717) is 0 Å². The fraction of sp³-hybridized carbons (Fsp3) is 0.462. The lowest BCUT2D eigenvalue weighted by Gasteiger charge is -2.20. The molecular formula is C13H19ClN4S. The molecule has 0 unspecified atom stereocenters. The van der Waals surface area contributed by atoms with Crippen molar-refractivity contribution in [2.24, 2.45) is 0 Å². The molecule has 0 saturated carbocycles. The summed E-state index contributed by atoms with van der Waals surface area (Å²) in [6.07, 6.45) is 1.03. The van der Waals surface area contributed by atoms with Crippen LogP contribution in [0.2, 0.25) is 4.34 Å². The van der Waals surface area contributed by atoms with Crippen LogP contribution in [0.4, 0.5) is 11.5 Å². The standard InChI is InChI=1S/C13H19ClN4S/c1-4-7-18-13(12(15)9(2)16-18)17(3)8-10-5-6-11(14)19-10/h5-6H,4,7-8,15H2,1-3H3. The maximum atomic E-state index is 6.15. The lowest BCUT2D eigenvalue weighted by molar-refractivity contribution is 0.591. The molecule has 2 rings (SSSR count). The predicted octanol–water partition coefficient (Wildman–Crippen LogP) is 3.54. The molecule has 2 heterocycles. The summed E-state index contributed by atoms with van der Waals surface area (Å²) in [7, 11) is 2.03. The van der Waals surface area contributed by atoms with Crippen LogP contribution in [0.5, 0.6) is 0 Å². The number of thiophene rings is 1. The second-order valence-electron chi connectivity index (χ2n) is 4.61. The van der Waals surface area contributed by atoms with Gasteiger partial charge in [-0.15, -0.1) is 11.3 Å². The second-order valence-corrected chi connectivity index (χ2v) is 6.41. The Balaban J connectivity index is 2.24. The highest BCUT2D eigenvalue weighted by atomic mass is 35.5. The molecule has 4 nitrogen and oxygen atoms in total. The third-order valence-corrected chi connectivity index (χ3v) is 4.18. The number of nitrogens with two attached hydrogens (primary N) is 1. The van der Waals surface area contributed by atoms with Crippen LogP contribution in [0, 0.1) is 6.92 Å². The zero-order chi connectivity index (χ0) is 14.0. The Morgan fingerprint density at radius 2 is 2.21 bits per heavy atom. The normalized spacial score (nSPS) is 10.9. The summed E-state index contributed by atoms with van der Waals surface area (Å²) in [4.78, 5) is 3.35. The zero-order valence-electron chi connectivity index (χ0n) is 11.5. The molecule has 0 aliphatic heterocycles. The van der Waals surface area contributed by atoms with Crippen LogP contribution in [-0.4, -0.2) is 16.8 Å². The first-order valence-corrected chi connectivity index (χ1v) is 7.50. The van der Waals surface area contributed by atoms with Crippen molar-refractivity contribution in [1.29, 1.82) is 0 Å². The Bertz CT molecular complexity index is 561. The van der Waals surface area contributed by atoms with E-state index in [4.69, 9.17) is 17.3 Å². The van der Waals surface area contributed by atoms with Crippen LogP contribution in [0.1, 0.15) is 23.9 Å². The minimum absolute atomic E-state index is 0.763. The van der Waals surface area contributed by atoms with Crippen molar-refractivity contribution < 1.29 is 0 Å². The number of halogens is 1. The van der Waals surface area contributed by atoms with Crippen molar-refractivity contribution in [2.75, 3.05) is 17.7 Å². The monoisotopic (exact) mass is 298 g/mol. The first kappa shape index (κ1) is 14.2. The van der Waals surface area contributed by atoms with E-state index in [-0.39, 0.29) is 0 Å². The molecule has 6 heteroatoms. The van der Waals surface area contributed by atoms with Crippen LogP contribution >= 0.6 is 22.9 Å². The van der Waals surface area contributed by atoms with Gasteiger partial charge in [-0.1, -0.05) is 18.5 Å². The van der Waals surface area contributed by atoms with E-state index in [9.17, 15) is 0 Å². The van der Waals surface area contributed by atoms with E-state index in [1.165, 1.54) is 4.88 Å². The molecule has 2 aromatic rings. The van der Waals surface area contributed by atoms with Gasteiger partial charge in [-0.3, -0.25) is 0 Å². The molecule has 0 atom stereocenters. The number of hydrogen-bond acceptors (Lipinski definition) is 4. The van der Waals surface area contributed by atoms with Crippen LogP contribution in [0.15, 0.2) is 12.1 Å². The molecule has 0 bridgehead atoms. The van der Waals surface area contributed by atoms with Gasteiger partial charge >= 0.3 is 0 Å². The van der Waals surface area contributed by atoms with Gasteiger partial charge in [0.1, 0.15) is 0 Å². The number of rotatable bonds is 5. The first-order chi connectivity index (χ1) is 9.02. The second kappa shape index (κ2) is 5.84. The molecule has 0 radical (unpaired) electrons. The topological polar surface area (TPSA) is 47.1 Å². The van der Waals surface area contributed by atoms with Crippen molar-refractivity contribution in [3.63, 3.8) is 0 Å². The summed E-state index contributed by atoms with van der Waals surface area (Å²) in [5, 5.41) is 4.50. The molecular weight excluding hydrogens is 280 g/mol. The van der Waals surface area contributed by atoms with E-state index in [1.807, 2.05) is 30.8 Å². The van der Waals surface area contributed by atoms with Gasteiger partial charge in [-0.2, -0.15) is 5.10 Å². The van der Waals surface area contributed by atoms with Crippen molar-refractivity contribution in [2.45, 2.75) is 33.4 Å². The maximum Gasteiger partial charge on any atom is 0.150 e. The lowest BCUT2D eigenvalue weighted by Crippen LogP contribution is -2.21. The molecule has 0 saturated heterocycles. The zero-order valence-corrected chi connectivity index (χ0v) is 13.1. The fourth-order valence-corrected chi connectivity index (χ4v) is 3.24. The molecule has 0 amide bonds. The quantitative estimate of drug-likeness (QED) is 0.918. The molecule has 0 fully saturated rings. The Morgan fingerprint density at radius 1 is 1.47 bits per heavy atom. The Morgan fingerprint density at radius 3 is 2.79 bits per heavy atom. The third kappa shape index (κ3) is 3.04. The SMILES string of the molecule is CCCn1nc(C)c(N)c1N(C)Cc1ccc(Cl)s1. The predicted molar refractivity (Wildman–Crippen MR) is 83.1 cm³/mol. The van der Waals surface area contributed by atoms with Gasteiger partial charge in [0.25, 0.3) is 0 Å². The van der Waals surface area contributed by atoms with Gasteiger partial charge < -0.3 is 10.6 Å². The van der Waals surface area contributed by atoms with Gasteiger partial charge in [-0.05, 0) is 25.5 Å². The van der Waals surface area contributed by atoms with E-state index in [0.717, 1.165) is 41.0 Å². The van der Waals surface area contributed by atoms with E-state index in [2.05, 4.69) is 16.9 Å².